The van der Waals surface area contributed by atoms with Crippen LogP contribution in [0, 0.1) is 0 Å². The smallest absolute Gasteiger partial charge is 0.220 e. The molecule has 4 nitrogen and oxygen atoms in total. The van der Waals surface area contributed by atoms with Gasteiger partial charge >= 0.3 is 0 Å². The van der Waals surface area contributed by atoms with E-state index in [1.807, 2.05) is 0 Å². The van der Waals surface area contributed by atoms with E-state index in [1.54, 1.807) is 0 Å². The molecule has 0 aliphatic rings. The zero-order valence-electron chi connectivity index (χ0n) is 17.2. The van der Waals surface area contributed by atoms with Crippen molar-refractivity contribution in [1.82, 2.24) is 10.6 Å². The lowest BCUT2D eigenvalue weighted by atomic mass is 10.1. The lowest BCUT2D eigenvalue weighted by Crippen LogP contribution is -2.34. The highest BCUT2D eigenvalue weighted by Gasteiger charge is 2.10. The number of nitrogens with one attached hydrogen (secondary N) is 2. The van der Waals surface area contributed by atoms with Crippen molar-refractivity contribution in [3.63, 3.8) is 0 Å². The first kappa shape index (κ1) is 23.9. The third-order valence-electron chi connectivity index (χ3n) is 4.60. The summed E-state index contributed by atoms with van der Waals surface area (Å²) in [5.41, 5.74) is 0. The van der Waals surface area contributed by atoms with E-state index in [2.05, 4.69) is 38.3 Å². The Kier molecular flexibility index (Phi) is 15.7. The zero-order chi connectivity index (χ0) is 18.9. The van der Waals surface area contributed by atoms with Crippen molar-refractivity contribution in [3.05, 3.63) is 0 Å². The van der Waals surface area contributed by atoms with Gasteiger partial charge in [0.2, 0.25) is 11.8 Å². The molecule has 2 atom stereocenters. The molecule has 25 heavy (non-hydrogen) atoms. The maximum absolute atomic E-state index is 11.9. The Balaban J connectivity index is 3.66. The fourth-order valence-corrected chi connectivity index (χ4v) is 3.00. The van der Waals surface area contributed by atoms with E-state index in [1.165, 1.54) is 51.4 Å². The molecule has 0 rings (SSSR count). The summed E-state index contributed by atoms with van der Waals surface area (Å²) in [4.78, 5) is 23.8. The Morgan fingerprint density at radius 2 is 1.04 bits per heavy atom. The molecule has 0 aliphatic carbocycles. The van der Waals surface area contributed by atoms with Gasteiger partial charge in [0.05, 0.1) is 0 Å². The van der Waals surface area contributed by atoms with Crippen LogP contribution in [0.25, 0.3) is 0 Å². The standard InChI is InChI=1S/C21H42N2O2/c1-5-7-9-11-14-18(3)22-20(24)16-13-17-21(25)23-19(4)15-12-10-8-6-2/h18-19H,5-17H2,1-4H3,(H,22,24)(H,23,25). The molecule has 148 valence electrons. The fourth-order valence-electron chi connectivity index (χ4n) is 3.00. The lowest BCUT2D eigenvalue weighted by molar-refractivity contribution is -0.123. The predicted octanol–water partition coefficient (Wildman–Crippen LogP) is 5.11. The summed E-state index contributed by atoms with van der Waals surface area (Å²) in [5.74, 6) is 0.145. The van der Waals surface area contributed by atoms with Gasteiger partial charge in [-0.15, -0.1) is 0 Å². The Morgan fingerprint density at radius 1 is 0.640 bits per heavy atom. The number of unbranched alkanes of at least 4 members (excludes halogenated alkanes) is 6. The summed E-state index contributed by atoms with van der Waals surface area (Å²) in [6, 6.07) is 0.475. The third-order valence-corrected chi connectivity index (χ3v) is 4.60. The SMILES string of the molecule is CCCCCCC(C)NC(=O)CCCC(=O)NC(C)CCCCCC. The van der Waals surface area contributed by atoms with Crippen LogP contribution in [0.2, 0.25) is 0 Å². The molecule has 2 N–H and O–H groups in total. The predicted molar refractivity (Wildman–Crippen MR) is 107 cm³/mol. The van der Waals surface area contributed by atoms with Gasteiger partial charge in [-0.25, -0.2) is 0 Å². The van der Waals surface area contributed by atoms with Crippen LogP contribution in [0.15, 0.2) is 0 Å². The largest absolute Gasteiger partial charge is 0.354 e. The third kappa shape index (κ3) is 16.2. The summed E-state index contributed by atoms with van der Waals surface area (Å²) >= 11 is 0. The Bertz CT molecular complexity index is 313. The average molecular weight is 355 g/mol. The van der Waals surface area contributed by atoms with Gasteiger partial charge in [-0.3, -0.25) is 9.59 Å². The van der Waals surface area contributed by atoms with Gasteiger partial charge in [0.15, 0.2) is 0 Å². The molecule has 0 aromatic rings. The first-order chi connectivity index (χ1) is 12.0. The van der Waals surface area contributed by atoms with Crippen LogP contribution in [-0.4, -0.2) is 23.9 Å². The molecule has 0 bridgehead atoms. The van der Waals surface area contributed by atoms with Crippen molar-refractivity contribution in [2.75, 3.05) is 0 Å². The van der Waals surface area contributed by atoms with E-state index < -0.39 is 0 Å². The van der Waals surface area contributed by atoms with Crippen molar-refractivity contribution in [2.45, 2.75) is 123 Å². The summed E-state index contributed by atoms with van der Waals surface area (Å²) in [7, 11) is 0. The van der Waals surface area contributed by atoms with Crippen LogP contribution >= 0.6 is 0 Å². The van der Waals surface area contributed by atoms with E-state index in [-0.39, 0.29) is 23.9 Å². The van der Waals surface area contributed by atoms with Crippen LogP contribution in [-0.2, 0) is 9.59 Å². The molecule has 4 heteroatoms. The van der Waals surface area contributed by atoms with Gasteiger partial charge in [0, 0.05) is 24.9 Å². The van der Waals surface area contributed by atoms with Crippen LogP contribution in [0.1, 0.15) is 111 Å². The average Bonchev–Trinajstić information content (AvgIpc) is 2.55. The van der Waals surface area contributed by atoms with Gasteiger partial charge in [-0.2, -0.15) is 0 Å². The Hall–Kier alpha value is -1.06. The minimum Gasteiger partial charge on any atom is -0.354 e. The van der Waals surface area contributed by atoms with Gasteiger partial charge < -0.3 is 10.6 Å². The maximum Gasteiger partial charge on any atom is 0.220 e. The molecule has 0 fully saturated rings. The molecule has 2 amide bonds. The number of carbonyl (C=O) groups excluding carboxylic acids is 2. The molecule has 0 aromatic carbocycles. The zero-order valence-corrected chi connectivity index (χ0v) is 17.2. The van der Waals surface area contributed by atoms with E-state index in [4.69, 9.17) is 0 Å². The first-order valence-electron chi connectivity index (χ1n) is 10.6. The van der Waals surface area contributed by atoms with Crippen LogP contribution < -0.4 is 10.6 Å². The van der Waals surface area contributed by atoms with Crippen molar-refractivity contribution in [2.24, 2.45) is 0 Å². The van der Waals surface area contributed by atoms with Crippen LogP contribution in [0.5, 0.6) is 0 Å². The second kappa shape index (κ2) is 16.4. The number of hydrogen-bond acceptors (Lipinski definition) is 2. The molecular formula is C21H42N2O2. The van der Waals surface area contributed by atoms with Crippen molar-refractivity contribution in [3.8, 4) is 0 Å². The Labute approximate surface area is 155 Å². The van der Waals surface area contributed by atoms with E-state index >= 15 is 0 Å². The molecule has 0 aliphatic heterocycles. The quantitative estimate of drug-likeness (QED) is 0.379. The number of rotatable bonds is 16. The Morgan fingerprint density at radius 3 is 1.40 bits per heavy atom. The van der Waals surface area contributed by atoms with Gasteiger partial charge in [0.1, 0.15) is 0 Å². The summed E-state index contributed by atoms with van der Waals surface area (Å²) < 4.78 is 0. The molecule has 0 aromatic heterocycles. The van der Waals surface area contributed by atoms with Crippen molar-refractivity contribution in [1.29, 1.82) is 0 Å². The number of hydrogen-bond donors (Lipinski definition) is 2. The molecular weight excluding hydrogens is 312 g/mol. The molecule has 0 spiro atoms. The van der Waals surface area contributed by atoms with Crippen LogP contribution in [0.4, 0.5) is 0 Å². The molecule has 0 heterocycles. The van der Waals surface area contributed by atoms with E-state index in [0.717, 1.165) is 12.8 Å². The second-order valence-corrected chi connectivity index (χ2v) is 7.49. The lowest BCUT2D eigenvalue weighted by Gasteiger charge is -2.15. The van der Waals surface area contributed by atoms with Crippen molar-refractivity contribution < 1.29 is 9.59 Å². The molecule has 0 saturated heterocycles. The van der Waals surface area contributed by atoms with Gasteiger partial charge in [-0.1, -0.05) is 65.2 Å². The minimum atomic E-state index is 0.0726. The van der Waals surface area contributed by atoms with Crippen molar-refractivity contribution >= 4 is 11.8 Å². The van der Waals surface area contributed by atoms with E-state index in [9.17, 15) is 9.59 Å². The van der Waals surface area contributed by atoms with Gasteiger partial charge in [-0.05, 0) is 33.1 Å². The van der Waals surface area contributed by atoms with Gasteiger partial charge in [0.25, 0.3) is 0 Å². The highest BCUT2D eigenvalue weighted by atomic mass is 16.2. The number of amides is 2. The normalized spacial score (nSPS) is 13.3. The highest BCUT2D eigenvalue weighted by molar-refractivity contribution is 5.79. The first-order valence-corrected chi connectivity index (χ1v) is 10.6. The van der Waals surface area contributed by atoms with Crippen LogP contribution in [0.3, 0.4) is 0 Å². The number of carbonyl (C=O) groups is 2. The summed E-state index contributed by atoms with van der Waals surface area (Å²) in [6.07, 6.45) is 13.4. The minimum absolute atomic E-state index is 0.0726. The topological polar surface area (TPSA) is 58.2 Å². The maximum atomic E-state index is 11.9. The molecule has 2 unspecified atom stereocenters. The summed E-state index contributed by atoms with van der Waals surface area (Å²) in [6.45, 7) is 8.54. The highest BCUT2D eigenvalue weighted by Crippen LogP contribution is 2.07. The molecule has 0 radical (unpaired) electrons. The van der Waals surface area contributed by atoms with E-state index in [0.29, 0.717) is 19.3 Å². The monoisotopic (exact) mass is 354 g/mol. The fraction of sp³-hybridized carbons (Fsp3) is 0.905. The molecule has 0 saturated carbocycles. The second-order valence-electron chi connectivity index (χ2n) is 7.49. The summed E-state index contributed by atoms with van der Waals surface area (Å²) in [5, 5.41) is 6.08.